The van der Waals surface area contributed by atoms with Crippen molar-refractivity contribution in [2.45, 2.75) is 6.92 Å². The van der Waals surface area contributed by atoms with Crippen molar-refractivity contribution >= 4 is 33.3 Å². The predicted octanol–water partition coefficient (Wildman–Crippen LogP) is 1.45. The molecule has 6 heteroatoms. The monoisotopic (exact) mass is 223 g/mol. The Balaban J connectivity index is 2.42. The van der Waals surface area contributed by atoms with Gasteiger partial charge >= 0.3 is 5.97 Å². The van der Waals surface area contributed by atoms with Gasteiger partial charge in [0.2, 0.25) is 5.01 Å². The number of esters is 1. The average molecular weight is 223 g/mol. The molecule has 0 unspecified atom stereocenters. The summed E-state index contributed by atoms with van der Waals surface area (Å²) in [4.78, 5) is 20.2. The molecule has 2 N–H and O–H groups in total. The number of hydrogen-bond donors (Lipinski definition) is 1. The first-order valence-electron chi connectivity index (χ1n) is 4.40. The second-order valence-electron chi connectivity index (χ2n) is 2.83. The summed E-state index contributed by atoms with van der Waals surface area (Å²) in [5.74, 6) is -0.418. The number of carbonyl (C=O) groups is 1. The number of fused-ring (bicyclic) bond motifs is 1. The Morgan fingerprint density at radius 1 is 1.67 bits per heavy atom. The van der Waals surface area contributed by atoms with Crippen LogP contribution in [-0.4, -0.2) is 22.5 Å². The van der Waals surface area contributed by atoms with Crippen molar-refractivity contribution in [1.29, 1.82) is 0 Å². The summed E-state index contributed by atoms with van der Waals surface area (Å²) in [6, 6.07) is 1.68. The van der Waals surface area contributed by atoms with E-state index in [-0.39, 0.29) is 0 Å². The third-order valence-electron chi connectivity index (χ3n) is 1.72. The molecule has 0 saturated carbocycles. The minimum absolute atomic E-state index is 0.310. The molecule has 0 bridgehead atoms. The van der Waals surface area contributed by atoms with Crippen molar-refractivity contribution in [3.05, 3.63) is 17.3 Å². The largest absolute Gasteiger partial charge is 0.461 e. The molecule has 2 heterocycles. The maximum absolute atomic E-state index is 11.4. The summed E-state index contributed by atoms with van der Waals surface area (Å²) in [5.41, 5.74) is 6.71. The molecule has 0 saturated heterocycles. The highest BCUT2D eigenvalue weighted by molar-refractivity contribution is 7.19. The minimum Gasteiger partial charge on any atom is -0.461 e. The average Bonchev–Trinajstić information content (AvgIpc) is 2.60. The standard InChI is InChI=1S/C9H9N3O2S/c1-2-14-9(13)8-12-6-3-5(10)4-11-7(6)15-8/h3-4H,2,10H2,1H3. The van der Waals surface area contributed by atoms with E-state index in [9.17, 15) is 4.79 Å². The van der Waals surface area contributed by atoms with Crippen LogP contribution >= 0.6 is 11.3 Å². The minimum atomic E-state index is -0.418. The van der Waals surface area contributed by atoms with Crippen molar-refractivity contribution < 1.29 is 9.53 Å². The van der Waals surface area contributed by atoms with Crippen LogP contribution in [-0.2, 0) is 4.74 Å². The highest BCUT2D eigenvalue weighted by atomic mass is 32.1. The molecule has 2 aromatic heterocycles. The number of hydrogen-bond acceptors (Lipinski definition) is 6. The van der Waals surface area contributed by atoms with Gasteiger partial charge < -0.3 is 10.5 Å². The molecule has 0 aliphatic carbocycles. The maximum Gasteiger partial charge on any atom is 0.367 e. The Hall–Kier alpha value is -1.69. The molecule has 15 heavy (non-hydrogen) atoms. The molecule has 0 fully saturated rings. The van der Waals surface area contributed by atoms with Crippen molar-refractivity contribution in [2.24, 2.45) is 0 Å². The van der Waals surface area contributed by atoms with Crippen LogP contribution < -0.4 is 5.73 Å². The molecule has 0 aliphatic heterocycles. The van der Waals surface area contributed by atoms with Crippen LogP contribution in [0.25, 0.3) is 10.3 Å². The van der Waals surface area contributed by atoms with Gasteiger partial charge in [0, 0.05) is 0 Å². The first-order valence-corrected chi connectivity index (χ1v) is 5.21. The van der Waals surface area contributed by atoms with E-state index in [4.69, 9.17) is 10.5 Å². The van der Waals surface area contributed by atoms with Crippen LogP contribution in [0.5, 0.6) is 0 Å². The van der Waals surface area contributed by atoms with E-state index in [1.807, 2.05) is 0 Å². The lowest BCUT2D eigenvalue weighted by molar-refractivity contribution is 0.0526. The Morgan fingerprint density at radius 3 is 3.20 bits per heavy atom. The van der Waals surface area contributed by atoms with Crippen LogP contribution in [0.15, 0.2) is 12.3 Å². The van der Waals surface area contributed by atoms with E-state index in [0.717, 1.165) is 0 Å². The number of thiazole rings is 1. The van der Waals surface area contributed by atoms with Gasteiger partial charge in [-0.2, -0.15) is 0 Å². The van der Waals surface area contributed by atoms with Gasteiger partial charge in [-0.25, -0.2) is 14.8 Å². The molecular weight excluding hydrogens is 214 g/mol. The molecule has 0 radical (unpaired) electrons. The molecule has 0 amide bonds. The molecule has 0 aromatic carbocycles. The molecule has 2 rings (SSSR count). The highest BCUT2D eigenvalue weighted by Crippen LogP contribution is 2.21. The Bertz CT molecular complexity index is 509. The van der Waals surface area contributed by atoms with Gasteiger partial charge in [-0.1, -0.05) is 11.3 Å². The zero-order chi connectivity index (χ0) is 10.8. The molecule has 0 atom stereocenters. The van der Waals surface area contributed by atoms with E-state index in [2.05, 4.69) is 9.97 Å². The van der Waals surface area contributed by atoms with Gasteiger partial charge in [0.05, 0.1) is 18.5 Å². The normalized spacial score (nSPS) is 10.5. The number of pyridine rings is 1. The Labute approximate surface area is 89.9 Å². The van der Waals surface area contributed by atoms with Crippen LogP contribution in [0.3, 0.4) is 0 Å². The third kappa shape index (κ3) is 1.89. The number of nitrogen functional groups attached to an aromatic ring is 1. The number of nitrogens with two attached hydrogens (primary N) is 1. The summed E-state index contributed by atoms with van der Waals surface area (Å²) in [6.45, 7) is 2.09. The van der Waals surface area contributed by atoms with Gasteiger partial charge in [-0.3, -0.25) is 0 Å². The second kappa shape index (κ2) is 3.82. The Kier molecular flexibility index (Phi) is 2.51. The summed E-state index contributed by atoms with van der Waals surface area (Å²) in [7, 11) is 0. The third-order valence-corrected chi connectivity index (χ3v) is 2.68. The summed E-state index contributed by atoms with van der Waals surface area (Å²) < 4.78 is 4.84. The van der Waals surface area contributed by atoms with E-state index < -0.39 is 5.97 Å². The molecule has 2 aromatic rings. The molecule has 0 aliphatic rings. The summed E-state index contributed by atoms with van der Waals surface area (Å²) >= 11 is 1.20. The fourth-order valence-electron chi connectivity index (χ4n) is 1.12. The number of ether oxygens (including phenoxy) is 1. The van der Waals surface area contributed by atoms with Crippen molar-refractivity contribution in [2.75, 3.05) is 12.3 Å². The fraction of sp³-hybridized carbons (Fsp3) is 0.222. The van der Waals surface area contributed by atoms with Gasteiger partial charge in [-0.15, -0.1) is 0 Å². The molecule has 5 nitrogen and oxygen atoms in total. The smallest absolute Gasteiger partial charge is 0.367 e. The lowest BCUT2D eigenvalue weighted by atomic mass is 10.4. The first kappa shape index (κ1) is 9.85. The lowest BCUT2D eigenvalue weighted by Gasteiger charge is -1.94. The fourth-order valence-corrected chi connectivity index (χ4v) is 1.90. The van der Waals surface area contributed by atoms with Gasteiger partial charge in [0.1, 0.15) is 10.3 Å². The second-order valence-corrected chi connectivity index (χ2v) is 3.81. The lowest BCUT2D eigenvalue weighted by Crippen LogP contribution is -2.03. The van der Waals surface area contributed by atoms with E-state index in [0.29, 0.717) is 27.6 Å². The summed E-state index contributed by atoms with van der Waals surface area (Å²) in [5, 5.41) is 0.310. The molecule has 0 spiro atoms. The van der Waals surface area contributed by atoms with Crippen LogP contribution in [0, 0.1) is 0 Å². The van der Waals surface area contributed by atoms with Crippen LogP contribution in [0.4, 0.5) is 5.69 Å². The van der Waals surface area contributed by atoms with Gasteiger partial charge in [-0.05, 0) is 13.0 Å². The predicted molar refractivity (Wildman–Crippen MR) is 57.8 cm³/mol. The number of nitrogens with zero attached hydrogens (tertiary/aromatic N) is 2. The SMILES string of the molecule is CCOC(=O)c1nc2cc(N)cnc2s1. The number of anilines is 1. The van der Waals surface area contributed by atoms with Crippen molar-refractivity contribution in [3.8, 4) is 0 Å². The van der Waals surface area contributed by atoms with E-state index in [1.54, 1.807) is 13.0 Å². The van der Waals surface area contributed by atoms with E-state index >= 15 is 0 Å². The zero-order valence-electron chi connectivity index (χ0n) is 8.06. The van der Waals surface area contributed by atoms with Crippen LogP contribution in [0.2, 0.25) is 0 Å². The van der Waals surface area contributed by atoms with Gasteiger partial charge in [0.25, 0.3) is 0 Å². The molecule has 78 valence electrons. The summed E-state index contributed by atoms with van der Waals surface area (Å²) in [6.07, 6.45) is 1.54. The van der Waals surface area contributed by atoms with Crippen molar-refractivity contribution in [3.63, 3.8) is 0 Å². The van der Waals surface area contributed by atoms with Crippen LogP contribution in [0.1, 0.15) is 16.7 Å². The zero-order valence-corrected chi connectivity index (χ0v) is 8.87. The topological polar surface area (TPSA) is 78.1 Å². The van der Waals surface area contributed by atoms with Gasteiger partial charge in [0.15, 0.2) is 0 Å². The molecular formula is C9H9N3O2S. The first-order chi connectivity index (χ1) is 7.20. The highest BCUT2D eigenvalue weighted by Gasteiger charge is 2.13. The van der Waals surface area contributed by atoms with E-state index in [1.165, 1.54) is 17.5 Å². The quantitative estimate of drug-likeness (QED) is 0.779. The Morgan fingerprint density at radius 2 is 2.47 bits per heavy atom. The number of aromatic nitrogens is 2. The van der Waals surface area contributed by atoms with Crippen molar-refractivity contribution in [1.82, 2.24) is 9.97 Å². The maximum atomic E-state index is 11.4. The number of carbonyl (C=O) groups excluding carboxylic acids is 1. The number of rotatable bonds is 2.